The van der Waals surface area contributed by atoms with E-state index in [9.17, 15) is 4.79 Å². The van der Waals surface area contributed by atoms with Crippen LogP contribution in [0.2, 0.25) is 0 Å². The van der Waals surface area contributed by atoms with Gasteiger partial charge in [-0.3, -0.25) is 4.79 Å². The number of aliphatic imine (C=N–C) groups is 1. The summed E-state index contributed by atoms with van der Waals surface area (Å²) >= 11 is 1.39. The van der Waals surface area contributed by atoms with Gasteiger partial charge in [-0.15, -0.1) is 0 Å². The molecule has 62 valence electrons. The molecule has 0 aliphatic carbocycles. The molecule has 1 amide bonds. The van der Waals surface area contributed by atoms with Gasteiger partial charge in [0.05, 0.1) is 5.25 Å². The maximum absolute atomic E-state index is 11.0. The van der Waals surface area contributed by atoms with E-state index in [4.69, 9.17) is 5.73 Å². The lowest BCUT2D eigenvalue weighted by atomic mass is 10.2. The predicted octanol–water partition coefficient (Wildman–Crippen LogP) is 1.13. The van der Waals surface area contributed by atoms with E-state index in [1.54, 1.807) is 0 Å². The van der Waals surface area contributed by atoms with Crippen LogP contribution in [0.4, 0.5) is 0 Å². The minimum atomic E-state index is -0.0547. The van der Waals surface area contributed by atoms with Crippen LogP contribution in [-0.2, 0) is 4.79 Å². The lowest BCUT2D eigenvalue weighted by Crippen LogP contribution is -2.10. The maximum Gasteiger partial charge on any atom is 0.261 e. The zero-order valence-electron chi connectivity index (χ0n) is 6.54. The second-order valence-corrected chi connectivity index (χ2v) is 3.76. The molecule has 1 aliphatic rings. The SMILES string of the molecule is CCCC[C@@H]1SC(N)=NC1=O. The second-order valence-electron chi connectivity index (χ2n) is 2.54. The molecule has 0 bridgehead atoms. The molecule has 3 nitrogen and oxygen atoms in total. The summed E-state index contributed by atoms with van der Waals surface area (Å²) in [7, 11) is 0. The van der Waals surface area contributed by atoms with Crippen molar-refractivity contribution in [2.24, 2.45) is 10.7 Å². The number of rotatable bonds is 3. The van der Waals surface area contributed by atoms with Crippen molar-refractivity contribution in [1.82, 2.24) is 0 Å². The van der Waals surface area contributed by atoms with Gasteiger partial charge in [0, 0.05) is 0 Å². The first-order valence-corrected chi connectivity index (χ1v) is 4.66. The molecule has 2 N–H and O–H groups in total. The Labute approximate surface area is 70.4 Å². The van der Waals surface area contributed by atoms with Gasteiger partial charge in [-0.25, -0.2) is 0 Å². The van der Waals surface area contributed by atoms with Crippen molar-refractivity contribution in [2.45, 2.75) is 31.4 Å². The molecule has 0 radical (unpaired) electrons. The van der Waals surface area contributed by atoms with E-state index in [2.05, 4.69) is 11.9 Å². The smallest absolute Gasteiger partial charge is 0.261 e. The van der Waals surface area contributed by atoms with E-state index in [1.807, 2.05) is 0 Å². The maximum atomic E-state index is 11.0. The molecule has 0 saturated carbocycles. The average molecular weight is 172 g/mol. The summed E-state index contributed by atoms with van der Waals surface area (Å²) in [5.41, 5.74) is 5.38. The van der Waals surface area contributed by atoms with Crippen LogP contribution in [0.15, 0.2) is 4.99 Å². The number of unbranched alkanes of at least 4 members (excludes halogenated alkanes) is 1. The van der Waals surface area contributed by atoms with Crippen LogP contribution in [0.1, 0.15) is 26.2 Å². The number of carbonyl (C=O) groups is 1. The standard InChI is InChI=1S/C7H12N2OS/c1-2-3-4-5-6(10)9-7(8)11-5/h5H,2-4H2,1H3,(H2,8,9,10)/t5-/m0/s1. The Morgan fingerprint density at radius 2 is 2.45 bits per heavy atom. The first-order valence-electron chi connectivity index (χ1n) is 3.78. The zero-order chi connectivity index (χ0) is 8.27. The van der Waals surface area contributed by atoms with Crippen molar-refractivity contribution in [3.05, 3.63) is 0 Å². The molecule has 0 unspecified atom stereocenters. The Bertz CT molecular complexity index is 191. The van der Waals surface area contributed by atoms with E-state index in [0.717, 1.165) is 19.3 Å². The lowest BCUT2D eigenvalue weighted by molar-refractivity contribution is -0.117. The Balaban J connectivity index is 2.34. The van der Waals surface area contributed by atoms with Crippen molar-refractivity contribution in [3.63, 3.8) is 0 Å². The van der Waals surface area contributed by atoms with Crippen LogP contribution in [0.5, 0.6) is 0 Å². The zero-order valence-corrected chi connectivity index (χ0v) is 7.36. The molecule has 4 heteroatoms. The Hall–Kier alpha value is -0.510. The fourth-order valence-electron chi connectivity index (χ4n) is 0.975. The van der Waals surface area contributed by atoms with E-state index >= 15 is 0 Å². The average Bonchev–Trinajstić information content (AvgIpc) is 2.26. The van der Waals surface area contributed by atoms with Gasteiger partial charge in [-0.05, 0) is 6.42 Å². The van der Waals surface area contributed by atoms with Gasteiger partial charge in [0.1, 0.15) is 0 Å². The molecule has 1 heterocycles. The third-order valence-electron chi connectivity index (χ3n) is 1.58. The number of nitrogens with two attached hydrogens (primary N) is 1. The van der Waals surface area contributed by atoms with E-state index in [-0.39, 0.29) is 11.2 Å². The molecule has 0 saturated heterocycles. The number of hydrogen-bond acceptors (Lipinski definition) is 3. The van der Waals surface area contributed by atoms with Crippen LogP contribution in [0.25, 0.3) is 0 Å². The molecule has 1 atom stereocenters. The number of nitrogens with zero attached hydrogens (tertiary/aromatic N) is 1. The van der Waals surface area contributed by atoms with Gasteiger partial charge in [-0.2, -0.15) is 4.99 Å². The van der Waals surface area contributed by atoms with Crippen molar-refractivity contribution < 1.29 is 4.79 Å². The molecule has 0 aromatic rings. The summed E-state index contributed by atoms with van der Waals surface area (Å²) in [6.07, 6.45) is 3.10. The van der Waals surface area contributed by atoms with E-state index in [1.165, 1.54) is 11.8 Å². The van der Waals surface area contributed by atoms with Crippen molar-refractivity contribution >= 4 is 22.8 Å². The summed E-state index contributed by atoms with van der Waals surface area (Å²) in [4.78, 5) is 14.6. The van der Waals surface area contributed by atoms with Crippen LogP contribution in [0.3, 0.4) is 0 Å². The largest absolute Gasteiger partial charge is 0.378 e. The fraction of sp³-hybridized carbons (Fsp3) is 0.714. The van der Waals surface area contributed by atoms with Crippen molar-refractivity contribution in [3.8, 4) is 0 Å². The highest BCUT2D eigenvalue weighted by Crippen LogP contribution is 2.24. The first kappa shape index (κ1) is 8.59. The van der Waals surface area contributed by atoms with Crippen molar-refractivity contribution in [1.29, 1.82) is 0 Å². The number of hydrogen-bond donors (Lipinski definition) is 1. The van der Waals surface area contributed by atoms with Gasteiger partial charge in [0.15, 0.2) is 5.17 Å². The minimum absolute atomic E-state index is 0.00921. The first-order chi connectivity index (χ1) is 5.24. The van der Waals surface area contributed by atoms with E-state index < -0.39 is 0 Å². The van der Waals surface area contributed by atoms with E-state index in [0.29, 0.717) is 5.17 Å². The molecule has 0 aromatic heterocycles. The summed E-state index contributed by atoms with van der Waals surface area (Å²) in [6, 6.07) is 0. The van der Waals surface area contributed by atoms with Gasteiger partial charge >= 0.3 is 0 Å². The molecule has 0 spiro atoms. The van der Waals surface area contributed by atoms with Crippen LogP contribution < -0.4 is 5.73 Å². The topological polar surface area (TPSA) is 55.4 Å². The normalized spacial score (nSPS) is 23.9. The number of amides is 1. The molecule has 0 fully saturated rings. The predicted molar refractivity (Wildman–Crippen MR) is 47.5 cm³/mol. The molecular weight excluding hydrogens is 160 g/mol. The number of thioether (sulfide) groups is 1. The highest BCUT2D eigenvalue weighted by atomic mass is 32.2. The van der Waals surface area contributed by atoms with Gasteiger partial charge in [0.25, 0.3) is 5.91 Å². The quantitative estimate of drug-likeness (QED) is 0.694. The summed E-state index contributed by atoms with van der Waals surface area (Å²) in [6.45, 7) is 2.11. The third-order valence-corrected chi connectivity index (χ3v) is 2.63. The second kappa shape index (κ2) is 3.76. The van der Waals surface area contributed by atoms with Gasteiger partial charge in [0.2, 0.25) is 0 Å². The summed E-state index contributed by atoms with van der Waals surface area (Å²) in [5, 5.41) is 0.436. The monoisotopic (exact) mass is 172 g/mol. The number of amidine groups is 1. The summed E-state index contributed by atoms with van der Waals surface area (Å²) < 4.78 is 0. The minimum Gasteiger partial charge on any atom is -0.378 e. The highest BCUT2D eigenvalue weighted by Gasteiger charge is 2.25. The molecule has 0 aromatic carbocycles. The Morgan fingerprint density at radius 3 is 2.91 bits per heavy atom. The van der Waals surface area contributed by atoms with Crippen molar-refractivity contribution in [2.75, 3.05) is 0 Å². The third kappa shape index (κ3) is 2.22. The lowest BCUT2D eigenvalue weighted by Gasteiger charge is -2.02. The van der Waals surface area contributed by atoms with Crippen LogP contribution >= 0.6 is 11.8 Å². The molecular formula is C7H12N2OS. The van der Waals surface area contributed by atoms with Gasteiger partial charge < -0.3 is 5.73 Å². The summed E-state index contributed by atoms with van der Waals surface area (Å²) in [5.74, 6) is -0.0547. The number of carbonyl (C=O) groups excluding carboxylic acids is 1. The van der Waals surface area contributed by atoms with Crippen LogP contribution in [-0.4, -0.2) is 16.3 Å². The Morgan fingerprint density at radius 1 is 1.73 bits per heavy atom. The molecule has 1 aliphatic heterocycles. The van der Waals surface area contributed by atoms with Gasteiger partial charge in [-0.1, -0.05) is 31.5 Å². The fourth-order valence-corrected chi connectivity index (χ4v) is 1.85. The highest BCUT2D eigenvalue weighted by molar-refractivity contribution is 8.15. The Kier molecular flexibility index (Phi) is 2.93. The molecule has 11 heavy (non-hydrogen) atoms. The molecule has 1 rings (SSSR count). The van der Waals surface area contributed by atoms with Crippen LogP contribution in [0, 0.1) is 0 Å².